The maximum atomic E-state index is 11.6. The van der Waals surface area contributed by atoms with Crippen LogP contribution in [0, 0.1) is 0 Å². The number of pyridine rings is 1. The summed E-state index contributed by atoms with van der Waals surface area (Å²) in [5, 5.41) is 12.6. The first-order chi connectivity index (χ1) is 13.2. The van der Waals surface area contributed by atoms with Crippen molar-refractivity contribution in [1.82, 2.24) is 25.2 Å². The van der Waals surface area contributed by atoms with Crippen molar-refractivity contribution in [2.75, 3.05) is 7.11 Å². The summed E-state index contributed by atoms with van der Waals surface area (Å²) in [6.45, 7) is 0. The third-order valence-corrected chi connectivity index (χ3v) is 4.02. The maximum Gasteiger partial charge on any atom is 0.337 e. The summed E-state index contributed by atoms with van der Waals surface area (Å²) in [5.74, 6) is 0.104. The van der Waals surface area contributed by atoms with Gasteiger partial charge in [0.25, 0.3) is 0 Å². The first-order valence-corrected chi connectivity index (χ1v) is 8.25. The highest BCUT2D eigenvalue weighted by Crippen LogP contribution is 2.22. The molecule has 0 atom stereocenters. The van der Waals surface area contributed by atoms with E-state index in [0.717, 1.165) is 16.8 Å². The van der Waals surface area contributed by atoms with Crippen LogP contribution in [0.2, 0.25) is 0 Å². The number of hydrogen-bond acceptors (Lipinski definition) is 6. The van der Waals surface area contributed by atoms with Crippen molar-refractivity contribution in [1.29, 1.82) is 0 Å². The SMILES string of the molecule is COC(=O)c1ccc(-c2cccc(-n3nnc(-c4ccccn4)n3)c2)cc1. The van der Waals surface area contributed by atoms with Gasteiger partial charge in [0.05, 0.1) is 18.4 Å². The number of rotatable bonds is 4. The normalized spacial score (nSPS) is 10.6. The van der Waals surface area contributed by atoms with Gasteiger partial charge in [-0.2, -0.15) is 0 Å². The van der Waals surface area contributed by atoms with Gasteiger partial charge in [-0.3, -0.25) is 4.98 Å². The lowest BCUT2D eigenvalue weighted by Gasteiger charge is -2.05. The molecule has 7 nitrogen and oxygen atoms in total. The number of tetrazole rings is 1. The molecule has 0 fully saturated rings. The fraction of sp³-hybridized carbons (Fsp3) is 0.0500. The number of esters is 1. The van der Waals surface area contributed by atoms with Gasteiger partial charge in [0.1, 0.15) is 5.69 Å². The van der Waals surface area contributed by atoms with Crippen molar-refractivity contribution >= 4 is 5.97 Å². The van der Waals surface area contributed by atoms with Crippen LogP contribution in [0.25, 0.3) is 28.3 Å². The lowest BCUT2D eigenvalue weighted by molar-refractivity contribution is 0.0601. The first kappa shape index (κ1) is 16.6. The molecule has 7 heteroatoms. The number of aromatic nitrogens is 5. The van der Waals surface area contributed by atoms with Crippen molar-refractivity contribution in [3.05, 3.63) is 78.5 Å². The Kier molecular flexibility index (Phi) is 4.40. The zero-order chi connectivity index (χ0) is 18.6. The largest absolute Gasteiger partial charge is 0.465 e. The van der Waals surface area contributed by atoms with E-state index >= 15 is 0 Å². The number of ether oxygens (including phenoxy) is 1. The fourth-order valence-electron chi connectivity index (χ4n) is 2.65. The van der Waals surface area contributed by atoms with Gasteiger partial charge >= 0.3 is 5.97 Å². The third kappa shape index (κ3) is 3.43. The van der Waals surface area contributed by atoms with Gasteiger partial charge in [0, 0.05) is 6.20 Å². The van der Waals surface area contributed by atoms with E-state index in [1.807, 2.05) is 54.6 Å². The van der Waals surface area contributed by atoms with Crippen LogP contribution in [-0.2, 0) is 4.74 Å². The van der Waals surface area contributed by atoms with E-state index in [-0.39, 0.29) is 5.97 Å². The second-order valence-corrected chi connectivity index (χ2v) is 5.74. The number of benzene rings is 2. The Balaban J connectivity index is 1.63. The molecular formula is C20H15N5O2. The highest BCUT2D eigenvalue weighted by molar-refractivity contribution is 5.90. The average Bonchev–Trinajstić information content (AvgIpc) is 3.24. The molecule has 0 bridgehead atoms. The van der Waals surface area contributed by atoms with Crippen molar-refractivity contribution in [3.63, 3.8) is 0 Å². The molecule has 0 aliphatic rings. The van der Waals surface area contributed by atoms with E-state index in [2.05, 4.69) is 20.4 Å². The molecular weight excluding hydrogens is 342 g/mol. The lowest BCUT2D eigenvalue weighted by atomic mass is 10.0. The summed E-state index contributed by atoms with van der Waals surface area (Å²) in [6.07, 6.45) is 1.69. The molecule has 0 N–H and O–H groups in total. The quantitative estimate of drug-likeness (QED) is 0.522. The molecule has 0 saturated heterocycles. The molecule has 4 rings (SSSR count). The molecule has 0 amide bonds. The van der Waals surface area contributed by atoms with Gasteiger partial charge in [-0.25, -0.2) is 4.79 Å². The summed E-state index contributed by atoms with van der Waals surface area (Å²) in [5.41, 5.74) is 3.89. The summed E-state index contributed by atoms with van der Waals surface area (Å²) in [4.78, 5) is 17.3. The number of carbonyl (C=O) groups is 1. The van der Waals surface area contributed by atoms with Crippen LogP contribution < -0.4 is 0 Å². The minimum atomic E-state index is -0.357. The van der Waals surface area contributed by atoms with Crippen molar-refractivity contribution in [3.8, 4) is 28.3 Å². The molecule has 0 radical (unpaired) electrons. The molecule has 0 aliphatic carbocycles. The third-order valence-electron chi connectivity index (χ3n) is 4.02. The second kappa shape index (κ2) is 7.17. The topological polar surface area (TPSA) is 82.8 Å². The fourth-order valence-corrected chi connectivity index (χ4v) is 2.65. The smallest absolute Gasteiger partial charge is 0.337 e. The summed E-state index contributed by atoms with van der Waals surface area (Å²) in [6, 6.07) is 20.5. The predicted molar refractivity (Wildman–Crippen MR) is 99.2 cm³/mol. The molecule has 0 saturated carbocycles. The maximum absolute atomic E-state index is 11.6. The van der Waals surface area contributed by atoms with E-state index in [0.29, 0.717) is 17.1 Å². The minimum absolute atomic E-state index is 0.357. The predicted octanol–water partition coefficient (Wildman–Crippen LogP) is 3.18. The highest BCUT2D eigenvalue weighted by Gasteiger charge is 2.10. The molecule has 2 heterocycles. The van der Waals surface area contributed by atoms with E-state index < -0.39 is 0 Å². The van der Waals surface area contributed by atoms with Crippen LogP contribution >= 0.6 is 0 Å². The number of methoxy groups -OCH3 is 1. The summed E-state index contributed by atoms with van der Waals surface area (Å²) < 4.78 is 4.73. The second-order valence-electron chi connectivity index (χ2n) is 5.74. The van der Waals surface area contributed by atoms with Crippen LogP contribution in [0.5, 0.6) is 0 Å². The minimum Gasteiger partial charge on any atom is -0.465 e. The van der Waals surface area contributed by atoms with Gasteiger partial charge < -0.3 is 4.74 Å². The van der Waals surface area contributed by atoms with E-state index in [1.54, 1.807) is 18.3 Å². The Morgan fingerprint density at radius 1 is 0.963 bits per heavy atom. The Morgan fingerprint density at radius 2 is 1.81 bits per heavy atom. The van der Waals surface area contributed by atoms with E-state index in [4.69, 9.17) is 4.74 Å². The van der Waals surface area contributed by atoms with Crippen molar-refractivity contribution in [2.24, 2.45) is 0 Å². The van der Waals surface area contributed by atoms with Gasteiger partial charge in [0.2, 0.25) is 5.82 Å². The Bertz CT molecular complexity index is 1070. The molecule has 0 unspecified atom stereocenters. The van der Waals surface area contributed by atoms with Crippen LogP contribution in [0.1, 0.15) is 10.4 Å². The Morgan fingerprint density at radius 3 is 2.56 bits per heavy atom. The average molecular weight is 357 g/mol. The number of hydrogen-bond donors (Lipinski definition) is 0. The molecule has 2 aromatic carbocycles. The van der Waals surface area contributed by atoms with Crippen LogP contribution in [0.15, 0.2) is 72.9 Å². The van der Waals surface area contributed by atoms with E-state index in [9.17, 15) is 4.79 Å². The Labute approximate surface area is 155 Å². The molecule has 0 aliphatic heterocycles. The number of carbonyl (C=O) groups excluding carboxylic acids is 1. The van der Waals surface area contributed by atoms with Gasteiger partial charge in [0.15, 0.2) is 0 Å². The first-order valence-electron chi connectivity index (χ1n) is 8.25. The zero-order valence-corrected chi connectivity index (χ0v) is 14.5. The highest BCUT2D eigenvalue weighted by atomic mass is 16.5. The molecule has 4 aromatic rings. The van der Waals surface area contributed by atoms with Crippen molar-refractivity contribution < 1.29 is 9.53 Å². The zero-order valence-electron chi connectivity index (χ0n) is 14.5. The van der Waals surface area contributed by atoms with Gasteiger partial charge in [-0.15, -0.1) is 15.0 Å². The molecule has 27 heavy (non-hydrogen) atoms. The van der Waals surface area contributed by atoms with Gasteiger partial charge in [-0.05, 0) is 52.7 Å². The molecule has 2 aromatic heterocycles. The van der Waals surface area contributed by atoms with Crippen LogP contribution in [-0.4, -0.2) is 38.3 Å². The Hall–Kier alpha value is -3.87. The lowest BCUT2D eigenvalue weighted by Crippen LogP contribution is -2.01. The summed E-state index contributed by atoms with van der Waals surface area (Å²) >= 11 is 0. The van der Waals surface area contributed by atoms with Gasteiger partial charge in [-0.1, -0.05) is 30.3 Å². The van der Waals surface area contributed by atoms with Crippen LogP contribution in [0.4, 0.5) is 0 Å². The summed E-state index contributed by atoms with van der Waals surface area (Å²) in [7, 11) is 1.37. The number of nitrogens with zero attached hydrogens (tertiary/aromatic N) is 5. The van der Waals surface area contributed by atoms with E-state index in [1.165, 1.54) is 11.9 Å². The van der Waals surface area contributed by atoms with Crippen molar-refractivity contribution in [2.45, 2.75) is 0 Å². The monoisotopic (exact) mass is 357 g/mol. The molecule has 0 spiro atoms. The molecule has 132 valence electrons. The van der Waals surface area contributed by atoms with Crippen LogP contribution in [0.3, 0.4) is 0 Å². The standard InChI is InChI=1S/C20H15N5O2/c1-27-20(26)15-10-8-14(9-11-15)16-5-4-6-17(13-16)25-23-19(22-24-25)18-7-2-3-12-21-18/h2-13H,1H3.